The molecular formula is C27H22F3N5O4. The van der Waals surface area contributed by atoms with Gasteiger partial charge in [-0.05, 0) is 67.9 Å². The van der Waals surface area contributed by atoms with Gasteiger partial charge in [-0.25, -0.2) is 0 Å². The van der Waals surface area contributed by atoms with Gasteiger partial charge in [-0.1, -0.05) is 6.07 Å². The lowest BCUT2D eigenvalue weighted by Gasteiger charge is -2.12. The number of amides is 2. The van der Waals surface area contributed by atoms with Crippen LogP contribution in [0.2, 0.25) is 0 Å². The first-order valence-electron chi connectivity index (χ1n) is 11.7. The van der Waals surface area contributed by atoms with Crippen LogP contribution in [0.3, 0.4) is 0 Å². The fourth-order valence-electron chi connectivity index (χ4n) is 3.55. The van der Waals surface area contributed by atoms with E-state index in [4.69, 9.17) is 4.74 Å². The summed E-state index contributed by atoms with van der Waals surface area (Å²) in [6.07, 6.45) is -3.16. The number of carbonyl (C=O) groups excluding carboxylic acids is 2. The second kappa shape index (κ2) is 11.2. The predicted octanol–water partition coefficient (Wildman–Crippen LogP) is 4.75. The van der Waals surface area contributed by atoms with Crippen molar-refractivity contribution >= 4 is 17.5 Å². The zero-order valence-electron chi connectivity index (χ0n) is 20.7. The lowest BCUT2D eigenvalue weighted by atomic mass is 10.2. The molecule has 2 amide bonds. The lowest BCUT2D eigenvalue weighted by molar-refractivity contribution is -0.137. The minimum atomic E-state index is -4.61. The molecule has 0 bridgehead atoms. The monoisotopic (exact) mass is 537 g/mol. The van der Waals surface area contributed by atoms with Gasteiger partial charge in [-0.3, -0.25) is 19.4 Å². The molecule has 0 saturated heterocycles. The summed E-state index contributed by atoms with van der Waals surface area (Å²) in [6, 6.07) is 14.6. The molecule has 0 aliphatic rings. The van der Waals surface area contributed by atoms with Gasteiger partial charge < -0.3 is 15.4 Å². The highest BCUT2D eigenvalue weighted by atomic mass is 19.4. The number of alkyl halides is 3. The largest absolute Gasteiger partial charge is 0.457 e. The molecule has 0 aliphatic heterocycles. The molecule has 4 aromatic rings. The number of aryl methyl sites for hydroxylation is 1. The van der Waals surface area contributed by atoms with Gasteiger partial charge in [0.05, 0.1) is 11.3 Å². The standard InChI is InChI=1S/C27H22F3N5O4/c1-3-31-25(37)22-15-21(11-12-32-22)39-20-9-7-18(8-10-20)33-26(38)24-16(2)13-23(36)35(34-24)19-6-4-5-17(14-19)27(28,29)30/h4-15H,3H2,1-2H3,(H,31,37)(H,33,38). The summed E-state index contributed by atoms with van der Waals surface area (Å²) in [4.78, 5) is 41.4. The third-order valence-electron chi connectivity index (χ3n) is 5.40. The number of benzene rings is 2. The molecule has 0 fully saturated rings. The summed E-state index contributed by atoms with van der Waals surface area (Å²) in [5.74, 6) is -0.180. The predicted molar refractivity (Wildman–Crippen MR) is 136 cm³/mol. The van der Waals surface area contributed by atoms with Crippen LogP contribution in [0, 0.1) is 6.92 Å². The summed E-state index contributed by atoms with van der Waals surface area (Å²) in [6.45, 7) is 3.75. The van der Waals surface area contributed by atoms with Crippen LogP contribution in [0.25, 0.3) is 5.69 Å². The Morgan fingerprint density at radius 2 is 1.72 bits per heavy atom. The molecule has 0 saturated carbocycles. The van der Waals surface area contributed by atoms with Gasteiger partial charge in [0.1, 0.15) is 17.2 Å². The van der Waals surface area contributed by atoms with Crippen LogP contribution in [0.5, 0.6) is 11.5 Å². The Balaban J connectivity index is 1.51. The van der Waals surface area contributed by atoms with E-state index < -0.39 is 23.2 Å². The fraction of sp³-hybridized carbons (Fsp3) is 0.148. The number of nitrogens with zero attached hydrogens (tertiary/aromatic N) is 3. The van der Waals surface area contributed by atoms with Crippen molar-refractivity contribution in [2.45, 2.75) is 20.0 Å². The molecule has 12 heteroatoms. The molecule has 2 aromatic heterocycles. The first-order chi connectivity index (χ1) is 18.5. The quantitative estimate of drug-likeness (QED) is 0.352. The van der Waals surface area contributed by atoms with Gasteiger partial charge in [0, 0.05) is 30.6 Å². The number of carbonyl (C=O) groups is 2. The van der Waals surface area contributed by atoms with Crippen LogP contribution in [0.1, 0.15) is 39.0 Å². The molecule has 2 aromatic carbocycles. The maximum Gasteiger partial charge on any atom is 0.416 e. The summed E-state index contributed by atoms with van der Waals surface area (Å²) >= 11 is 0. The Morgan fingerprint density at radius 1 is 0.974 bits per heavy atom. The van der Waals surface area contributed by atoms with Crippen LogP contribution in [-0.2, 0) is 6.18 Å². The number of ether oxygens (including phenoxy) is 1. The summed E-state index contributed by atoms with van der Waals surface area (Å²) in [7, 11) is 0. The Morgan fingerprint density at radius 3 is 2.41 bits per heavy atom. The minimum Gasteiger partial charge on any atom is -0.457 e. The van der Waals surface area contributed by atoms with Crippen molar-refractivity contribution in [3.8, 4) is 17.2 Å². The van der Waals surface area contributed by atoms with E-state index in [0.29, 0.717) is 23.7 Å². The molecule has 2 heterocycles. The van der Waals surface area contributed by atoms with Crippen molar-refractivity contribution in [2.24, 2.45) is 0 Å². The van der Waals surface area contributed by atoms with Crippen LogP contribution in [0.15, 0.2) is 77.7 Å². The SMILES string of the molecule is CCNC(=O)c1cc(Oc2ccc(NC(=O)c3nn(-c4cccc(C(F)(F)F)c4)c(=O)cc3C)cc2)ccn1. The van der Waals surface area contributed by atoms with E-state index in [1.54, 1.807) is 37.3 Å². The minimum absolute atomic E-state index is 0.128. The molecule has 0 radical (unpaired) electrons. The van der Waals surface area contributed by atoms with E-state index >= 15 is 0 Å². The summed E-state index contributed by atoms with van der Waals surface area (Å²) in [5, 5.41) is 9.33. The van der Waals surface area contributed by atoms with Gasteiger partial charge >= 0.3 is 6.18 Å². The maximum absolute atomic E-state index is 13.1. The van der Waals surface area contributed by atoms with Gasteiger partial charge in [0.15, 0.2) is 5.69 Å². The summed E-state index contributed by atoms with van der Waals surface area (Å²) in [5.41, 5.74) is -1.07. The van der Waals surface area contributed by atoms with E-state index in [0.717, 1.165) is 28.9 Å². The zero-order valence-corrected chi connectivity index (χ0v) is 20.7. The number of nitrogens with one attached hydrogen (secondary N) is 2. The van der Waals surface area contributed by atoms with E-state index in [1.807, 2.05) is 0 Å². The number of hydrogen-bond donors (Lipinski definition) is 2. The molecular weight excluding hydrogens is 515 g/mol. The van der Waals surface area contributed by atoms with E-state index in [-0.39, 0.29) is 28.5 Å². The van der Waals surface area contributed by atoms with Crippen LogP contribution in [0.4, 0.5) is 18.9 Å². The highest BCUT2D eigenvalue weighted by Crippen LogP contribution is 2.30. The number of halogens is 3. The smallest absolute Gasteiger partial charge is 0.416 e. The molecule has 39 heavy (non-hydrogen) atoms. The number of anilines is 1. The lowest BCUT2D eigenvalue weighted by Crippen LogP contribution is -2.27. The average molecular weight is 537 g/mol. The van der Waals surface area contributed by atoms with Gasteiger partial charge in [0.25, 0.3) is 17.4 Å². The molecule has 0 aliphatic carbocycles. The molecule has 0 unspecified atom stereocenters. The first kappa shape index (κ1) is 27.0. The van der Waals surface area contributed by atoms with E-state index in [2.05, 4.69) is 20.7 Å². The highest BCUT2D eigenvalue weighted by molar-refractivity contribution is 6.03. The molecule has 0 atom stereocenters. The van der Waals surface area contributed by atoms with Crippen molar-refractivity contribution in [1.29, 1.82) is 0 Å². The number of rotatable bonds is 7. The van der Waals surface area contributed by atoms with Gasteiger partial charge in [0.2, 0.25) is 0 Å². The molecule has 9 nitrogen and oxygen atoms in total. The maximum atomic E-state index is 13.1. The topological polar surface area (TPSA) is 115 Å². The van der Waals surface area contributed by atoms with Gasteiger partial charge in [-0.2, -0.15) is 23.0 Å². The van der Waals surface area contributed by atoms with Crippen molar-refractivity contribution < 1.29 is 27.5 Å². The highest BCUT2D eigenvalue weighted by Gasteiger charge is 2.30. The third-order valence-corrected chi connectivity index (χ3v) is 5.40. The molecule has 0 spiro atoms. The van der Waals surface area contributed by atoms with Crippen molar-refractivity contribution in [2.75, 3.05) is 11.9 Å². The fourth-order valence-corrected chi connectivity index (χ4v) is 3.55. The second-order valence-electron chi connectivity index (χ2n) is 8.29. The number of pyridine rings is 1. The Hall–Kier alpha value is -5.00. The third kappa shape index (κ3) is 6.47. The molecule has 4 rings (SSSR count). The summed E-state index contributed by atoms with van der Waals surface area (Å²) < 4.78 is 45.9. The zero-order chi connectivity index (χ0) is 28.2. The van der Waals surface area contributed by atoms with Crippen LogP contribution >= 0.6 is 0 Å². The Kier molecular flexibility index (Phi) is 7.75. The van der Waals surface area contributed by atoms with Crippen molar-refractivity contribution in [3.63, 3.8) is 0 Å². The van der Waals surface area contributed by atoms with Crippen molar-refractivity contribution in [3.05, 3.63) is 106 Å². The van der Waals surface area contributed by atoms with E-state index in [9.17, 15) is 27.6 Å². The normalized spacial score (nSPS) is 11.1. The molecule has 2 N–H and O–H groups in total. The number of aromatic nitrogens is 3. The van der Waals surface area contributed by atoms with Crippen molar-refractivity contribution in [1.82, 2.24) is 20.1 Å². The van der Waals surface area contributed by atoms with Crippen LogP contribution < -0.4 is 20.9 Å². The van der Waals surface area contributed by atoms with E-state index in [1.165, 1.54) is 25.3 Å². The average Bonchev–Trinajstić information content (AvgIpc) is 2.90. The van der Waals surface area contributed by atoms with Gasteiger partial charge in [-0.15, -0.1) is 0 Å². The number of hydrogen-bond acceptors (Lipinski definition) is 6. The first-order valence-corrected chi connectivity index (χ1v) is 11.7. The molecule has 200 valence electrons. The Bertz CT molecular complexity index is 1580. The van der Waals surface area contributed by atoms with Crippen LogP contribution in [-0.4, -0.2) is 33.1 Å². The Labute approximate surface area is 220 Å². The second-order valence-corrected chi connectivity index (χ2v) is 8.29.